The Labute approximate surface area is 178 Å². The molecule has 1 unspecified atom stereocenters. The molecule has 0 bridgehead atoms. The van der Waals surface area contributed by atoms with E-state index in [1.165, 1.54) is 0 Å². The average molecular weight is 420 g/mol. The molecule has 0 spiro atoms. The number of hydrogen-bond acceptors (Lipinski definition) is 5. The molecule has 30 heavy (non-hydrogen) atoms. The molecule has 1 saturated carbocycles. The second-order valence-corrected chi connectivity index (χ2v) is 7.85. The molecule has 2 rings (SSSR count). The number of carboxylic acid groups (broad SMARTS) is 2. The summed E-state index contributed by atoms with van der Waals surface area (Å²) >= 11 is 0. The van der Waals surface area contributed by atoms with Crippen LogP contribution in [0.15, 0.2) is 42.5 Å². The van der Waals surface area contributed by atoms with Gasteiger partial charge >= 0.3 is 17.9 Å². The minimum absolute atomic E-state index is 0.0568. The standard InChI is InChI=1S/C19H29NO2.C4H4O4/c1-6-22-18(21)19(16-10-8-7-9-11-16)12-17(19)13-20(14(2)3)15(4)5;5-3(6)1-2-4(7)8/h7-11,14-15,17H,6,12-13H2,1-5H3;1-2H,(H,5,6)(H,7,8)/b;2-1-/t17?,19-;/m1./s1. The monoisotopic (exact) mass is 419 g/mol. The van der Waals surface area contributed by atoms with Gasteiger partial charge in [0.15, 0.2) is 0 Å². The zero-order valence-corrected chi connectivity index (χ0v) is 18.4. The maximum Gasteiger partial charge on any atom is 0.328 e. The lowest BCUT2D eigenvalue weighted by Gasteiger charge is -2.31. The first-order valence-electron chi connectivity index (χ1n) is 10.2. The second kappa shape index (κ2) is 11.5. The van der Waals surface area contributed by atoms with Gasteiger partial charge in [-0.3, -0.25) is 9.69 Å². The van der Waals surface area contributed by atoms with Crippen LogP contribution in [-0.4, -0.2) is 58.3 Å². The molecule has 0 amide bonds. The molecule has 7 heteroatoms. The fourth-order valence-corrected chi connectivity index (χ4v) is 3.68. The van der Waals surface area contributed by atoms with Crippen molar-refractivity contribution in [2.45, 2.75) is 58.5 Å². The molecule has 0 aliphatic heterocycles. The van der Waals surface area contributed by atoms with Crippen LogP contribution in [0, 0.1) is 5.92 Å². The van der Waals surface area contributed by atoms with Gasteiger partial charge in [0.2, 0.25) is 0 Å². The summed E-state index contributed by atoms with van der Waals surface area (Å²) in [5.74, 6) is -2.22. The number of ether oxygens (including phenoxy) is 1. The summed E-state index contributed by atoms with van der Waals surface area (Å²) in [7, 11) is 0. The Bertz CT molecular complexity index is 719. The highest BCUT2D eigenvalue weighted by atomic mass is 16.5. The molecule has 1 aliphatic carbocycles. The average Bonchev–Trinajstić information content (AvgIpc) is 3.41. The number of benzene rings is 1. The first-order chi connectivity index (χ1) is 14.1. The molecule has 2 atom stereocenters. The number of hydrogen-bond donors (Lipinski definition) is 2. The van der Waals surface area contributed by atoms with Gasteiger partial charge in [-0.25, -0.2) is 9.59 Å². The van der Waals surface area contributed by atoms with Crippen molar-refractivity contribution in [2.24, 2.45) is 5.92 Å². The van der Waals surface area contributed by atoms with Gasteiger partial charge in [0.25, 0.3) is 0 Å². The highest BCUT2D eigenvalue weighted by Gasteiger charge is 2.62. The van der Waals surface area contributed by atoms with Crippen molar-refractivity contribution in [1.29, 1.82) is 0 Å². The summed E-state index contributed by atoms with van der Waals surface area (Å²) in [6.07, 6.45) is 2.01. The van der Waals surface area contributed by atoms with Crippen LogP contribution in [0.1, 0.15) is 46.6 Å². The number of nitrogens with zero attached hydrogens (tertiary/aromatic N) is 1. The van der Waals surface area contributed by atoms with Crippen molar-refractivity contribution < 1.29 is 29.3 Å². The van der Waals surface area contributed by atoms with Crippen molar-refractivity contribution in [3.05, 3.63) is 48.0 Å². The molecule has 166 valence electrons. The lowest BCUT2D eigenvalue weighted by atomic mass is 9.93. The number of carboxylic acids is 2. The van der Waals surface area contributed by atoms with Crippen molar-refractivity contribution in [3.8, 4) is 0 Å². The molecule has 1 aromatic carbocycles. The third kappa shape index (κ3) is 6.99. The zero-order valence-electron chi connectivity index (χ0n) is 18.4. The van der Waals surface area contributed by atoms with Crippen LogP contribution in [-0.2, 0) is 24.5 Å². The first-order valence-corrected chi connectivity index (χ1v) is 10.2. The van der Waals surface area contributed by atoms with E-state index in [2.05, 4.69) is 44.7 Å². The highest BCUT2D eigenvalue weighted by Crippen LogP contribution is 2.55. The van der Waals surface area contributed by atoms with Gasteiger partial charge in [-0.05, 0) is 52.5 Å². The predicted octanol–water partition coefficient (Wildman–Crippen LogP) is 3.34. The number of esters is 1. The smallest absolute Gasteiger partial charge is 0.328 e. The van der Waals surface area contributed by atoms with Crippen LogP contribution in [0.4, 0.5) is 0 Å². The zero-order chi connectivity index (χ0) is 22.9. The molecule has 1 aliphatic rings. The molecule has 0 radical (unpaired) electrons. The van der Waals surface area contributed by atoms with Gasteiger partial charge in [-0.2, -0.15) is 0 Å². The maximum atomic E-state index is 12.6. The van der Waals surface area contributed by atoms with Crippen LogP contribution in [0.2, 0.25) is 0 Å². The van der Waals surface area contributed by atoms with Crippen LogP contribution in [0.25, 0.3) is 0 Å². The summed E-state index contributed by atoms with van der Waals surface area (Å²) in [6, 6.07) is 11.1. The van der Waals surface area contributed by atoms with E-state index in [0.717, 1.165) is 18.5 Å². The molecule has 7 nitrogen and oxygen atoms in total. The van der Waals surface area contributed by atoms with Gasteiger partial charge in [-0.15, -0.1) is 0 Å². The number of carbonyl (C=O) groups excluding carboxylic acids is 1. The molecular formula is C23H33NO6. The van der Waals surface area contributed by atoms with Crippen molar-refractivity contribution in [2.75, 3.05) is 13.2 Å². The number of rotatable bonds is 9. The molecule has 0 saturated heterocycles. The molecular weight excluding hydrogens is 386 g/mol. The van der Waals surface area contributed by atoms with Crippen LogP contribution in [0.5, 0.6) is 0 Å². The van der Waals surface area contributed by atoms with Crippen molar-refractivity contribution >= 4 is 17.9 Å². The topological polar surface area (TPSA) is 104 Å². The second-order valence-electron chi connectivity index (χ2n) is 7.85. The van der Waals surface area contributed by atoms with Gasteiger partial charge in [0.1, 0.15) is 0 Å². The fourth-order valence-electron chi connectivity index (χ4n) is 3.68. The lowest BCUT2D eigenvalue weighted by molar-refractivity contribution is -0.147. The Morgan fingerprint density at radius 1 is 1.07 bits per heavy atom. The molecule has 1 aromatic rings. The van der Waals surface area contributed by atoms with Crippen molar-refractivity contribution in [3.63, 3.8) is 0 Å². The largest absolute Gasteiger partial charge is 0.478 e. The Morgan fingerprint density at radius 2 is 1.57 bits per heavy atom. The quantitative estimate of drug-likeness (QED) is 0.467. The normalized spacial score (nSPS) is 20.2. The van der Waals surface area contributed by atoms with E-state index in [1.54, 1.807) is 0 Å². The third-order valence-electron chi connectivity index (χ3n) is 5.16. The summed E-state index contributed by atoms with van der Waals surface area (Å²) in [6.45, 7) is 12.1. The number of aliphatic carboxylic acids is 2. The summed E-state index contributed by atoms with van der Waals surface area (Å²) in [4.78, 5) is 34.2. The van der Waals surface area contributed by atoms with E-state index < -0.39 is 17.4 Å². The third-order valence-corrected chi connectivity index (χ3v) is 5.16. The van der Waals surface area contributed by atoms with E-state index in [9.17, 15) is 14.4 Å². The maximum absolute atomic E-state index is 12.6. The Morgan fingerprint density at radius 3 is 1.97 bits per heavy atom. The van der Waals surface area contributed by atoms with Crippen LogP contribution >= 0.6 is 0 Å². The molecule has 1 fully saturated rings. The Kier molecular flexibility index (Phi) is 9.72. The van der Waals surface area contributed by atoms with E-state index in [1.807, 2.05) is 25.1 Å². The van der Waals surface area contributed by atoms with E-state index in [-0.39, 0.29) is 5.97 Å². The van der Waals surface area contributed by atoms with E-state index in [0.29, 0.717) is 36.8 Å². The minimum Gasteiger partial charge on any atom is -0.478 e. The fraction of sp³-hybridized carbons (Fsp3) is 0.522. The Hall–Kier alpha value is -2.67. The molecule has 0 aromatic heterocycles. The molecule has 2 N–H and O–H groups in total. The predicted molar refractivity (Wildman–Crippen MR) is 114 cm³/mol. The number of carbonyl (C=O) groups is 3. The summed E-state index contributed by atoms with van der Waals surface area (Å²) in [5, 5.41) is 15.6. The Balaban J connectivity index is 0.000000479. The lowest BCUT2D eigenvalue weighted by Crippen LogP contribution is -2.40. The van der Waals surface area contributed by atoms with E-state index >= 15 is 0 Å². The summed E-state index contributed by atoms with van der Waals surface area (Å²) in [5.41, 5.74) is 0.671. The molecule has 0 heterocycles. The van der Waals surface area contributed by atoms with E-state index in [4.69, 9.17) is 14.9 Å². The van der Waals surface area contributed by atoms with Crippen LogP contribution in [0.3, 0.4) is 0 Å². The first kappa shape index (κ1) is 25.4. The minimum atomic E-state index is -1.26. The van der Waals surface area contributed by atoms with Gasteiger partial charge in [0, 0.05) is 30.8 Å². The summed E-state index contributed by atoms with van der Waals surface area (Å²) < 4.78 is 5.40. The van der Waals surface area contributed by atoms with Gasteiger partial charge in [-0.1, -0.05) is 30.3 Å². The van der Waals surface area contributed by atoms with Gasteiger partial charge in [0.05, 0.1) is 12.0 Å². The van der Waals surface area contributed by atoms with Crippen molar-refractivity contribution in [1.82, 2.24) is 4.90 Å². The van der Waals surface area contributed by atoms with Gasteiger partial charge < -0.3 is 14.9 Å². The van der Waals surface area contributed by atoms with Crippen LogP contribution < -0.4 is 0 Å². The SMILES string of the molecule is CCOC(=O)[C@@]1(c2ccccc2)CC1CN(C(C)C)C(C)C.O=C(O)/C=C\C(=O)O. The highest BCUT2D eigenvalue weighted by molar-refractivity contribution is 5.89.